The molecule has 4 N–H and O–H groups in total. The first-order valence-electron chi connectivity index (χ1n) is 12.2. The zero-order chi connectivity index (χ0) is 27.2. The minimum absolute atomic E-state index is 0.256. The highest BCUT2D eigenvalue weighted by Crippen LogP contribution is 2.29. The van der Waals surface area contributed by atoms with Crippen LogP contribution < -0.4 is 26.7 Å². The number of benzene rings is 3. The van der Waals surface area contributed by atoms with E-state index in [-0.39, 0.29) is 11.9 Å². The molecule has 39 heavy (non-hydrogen) atoms. The minimum atomic E-state index is -0.358. The maximum Gasteiger partial charge on any atom is 0.323 e. The van der Waals surface area contributed by atoms with Gasteiger partial charge in [-0.25, -0.2) is 9.78 Å². The lowest BCUT2D eigenvalue weighted by Crippen LogP contribution is -2.20. The number of urea groups is 1. The number of nitrogens with one attached hydrogen (secondary N) is 4. The first-order valence-corrected chi connectivity index (χ1v) is 13.1. The summed E-state index contributed by atoms with van der Waals surface area (Å²) in [4.78, 5) is 34.0. The summed E-state index contributed by atoms with van der Waals surface area (Å²) in [6.45, 7) is 1.99. The summed E-state index contributed by atoms with van der Waals surface area (Å²) in [6.07, 6.45) is 3.51. The van der Waals surface area contributed by atoms with Gasteiger partial charge in [0.05, 0.1) is 5.69 Å². The zero-order valence-corrected chi connectivity index (χ0v) is 22.2. The summed E-state index contributed by atoms with van der Waals surface area (Å²) < 4.78 is 0. The van der Waals surface area contributed by atoms with Crippen LogP contribution in [0.25, 0.3) is 11.3 Å². The summed E-state index contributed by atoms with van der Waals surface area (Å²) in [5.74, 6) is -0.256. The molecule has 0 bridgehead atoms. The van der Waals surface area contributed by atoms with Crippen LogP contribution in [0, 0.1) is 6.92 Å². The largest absolute Gasteiger partial charge is 0.331 e. The topological polar surface area (TPSA) is 108 Å². The van der Waals surface area contributed by atoms with Crippen molar-refractivity contribution in [3.8, 4) is 11.3 Å². The maximum absolute atomic E-state index is 12.9. The van der Waals surface area contributed by atoms with Gasteiger partial charge in [0.15, 0.2) is 5.13 Å². The number of anilines is 5. The molecular formula is C29H25BN6O2S. The lowest BCUT2D eigenvalue weighted by Gasteiger charge is -2.11. The van der Waals surface area contributed by atoms with E-state index in [9.17, 15) is 9.59 Å². The van der Waals surface area contributed by atoms with E-state index in [0.29, 0.717) is 22.6 Å². The van der Waals surface area contributed by atoms with Crippen molar-refractivity contribution in [3.63, 3.8) is 0 Å². The number of pyridine rings is 1. The molecule has 0 fully saturated rings. The molecule has 0 aliphatic rings. The molecule has 0 atom stereocenters. The lowest BCUT2D eigenvalue weighted by atomic mass is 9.96. The third kappa shape index (κ3) is 6.68. The van der Waals surface area contributed by atoms with Crippen LogP contribution >= 0.6 is 11.3 Å². The van der Waals surface area contributed by atoms with Crippen molar-refractivity contribution in [2.45, 2.75) is 6.92 Å². The van der Waals surface area contributed by atoms with Crippen LogP contribution in [-0.4, -0.2) is 29.8 Å². The van der Waals surface area contributed by atoms with Gasteiger partial charge in [0, 0.05) is 51.7 Å². The predicted octanol–water partition coefficient (Wildman–Crippen LogP) is 5.41. The number of nitrogens with zero attached hydrogens (tertiary/aromatic N) is 2. The molecule has 2 aromatic heterocycles. The number of hydrogen-bond donors (Lipinski definition) is 4. The number of carbonyl (C=O) groups excluding carboxylic acids is 2. The van der Waals surface area contributed by atoms with E-state index < -0.39 is 0 Å². The van der Waals surface area contributed by atoms with Crippen LogP contribution in [-0.2, 0) is 0 Å². The molecule has 0 aliphatic heterocycles. The van der Waals surface area contributed by atoms with E-state index in [2.05, 4.69) is 31.2 Å². The molecule has 10 heteroatoms. The molecule has 0 radical (unpaired) electrons. The van der Waals surface area contributed by atoms with E-state index in [4.69, 9.17) is 0 Å². The van der Waals surface area contributed by atoms with Crippen LogP contribution in [0.1, 0.15) is 15.9 Å². The SMILES string of the molecule is Bc1ccc(NC(=O)Nc2ccc(C(=O)Nc3ccc(C)c(Nc4nc(-c5cccnc5)cs4)c3)cc2)cc1. The van der Waals surface area contributed by atoms with Gasteiger partial charge in [-0.3, -0.25) is 9.78 Å². The van der Waals surface area contributed by atoms with Gasteiger partial charge in [-0.1, -0.05) is 23.7 Å². The van der Waals surface area contributed by atoms with Gasteiger partial charge in [-0.05, 0) is 73.2 Å². The molecule has 0 spiro atoms. The van der Waals surface area contributed by atoms with Crippen molar-refractivity contribution < 1.29 is 9.59 Å². The van der Waals surface area contributed by atoms with Crippen molar-refractivity contribution in [3.05, 3.63) is 108 Å². The van der Waals surface area contributed by atoms with Gasteiger partial charge >= 0.3 is 6.03 Å². The Morgan fingerprint density at radius 1 is 0.846 bits per heavy atom. The maximum atomic E-state index is 12.9. The fourth-order valence-corrected chi connectivity index (χ4v) is 4.50. The van der Waals surface area contributed by atoms with E-state index in [0.717, 1.165) is 33.1 Å². The number of thiazole rings is 1. The molecular weight excluding hydrogens is 507 g/mol. The number of aryl methyl sites for hydroxylation is 1. The number of hydrogen-bond acceptors (Lipinski definition) is 6. The second kappa shape index (κ2) is 11.6. The van der Waals surface area contributed by atoms with Gasteiger partial charge in [0.25, 0.3) is 5.91 Å². The predicted molar refractivity (Wildman–Crippen MR) is 161 cm³/mol. The van der Waals surface area contributed by atoms with Crippen molar-refractivity contribution >= 4 is 64.5 Å². The molecule has 5 aromatic rings. The van der Waals surface area contributed by atoms with E-state index in [1.54, 1.807) is 36.7 Å². The molecule has 0 saturated heterocycles. The first kappa shape index (κ1) is 25.7. The molecule has 0 saturated carbocycles. The Morgan fingerprint density at radius 2 is 1.54 bits per heavy atom. The molecule has 3 amide bonds. The van der Waals surface area contributed by atoms with E-state index >= 15 is 0 Å². The van der Waals surface area contributed by atoms with Crippen molar-refractivity contribution in [1.82, 2.24) is 9.97 Å². The molecule has 0 unspecified atom stereocenters. The van der Waals surface area contributed by atoms with Gasteiger partial charge in [0.2, 0.25) is 0 Å². The Kier molecular flexibility index (Phi) is 7.65. The molecule has 192 valence electrons. The number of rotatable bonds is 7. The molecule has 0 aliphatic carbocycles. The fourth-order valence-electron chi connectivity index (χ4n) is 3.77. The number of amides is 3. The monoisotopic (exact) mass is 532 g/mol. The second-order valence-corrected chi connectivity index (χ2v) is 9.77. The smallest absolute Gasteiger partial charge is 0.323 e. The van der Waals surface area contributed by atoms with Gasteiger partial charge in [0.1, 0.15) is 7.85 Å². The standard InChI is InChI=1S/C29H25BN6O2S/c1-18-4-9-24(15-25(18)35-29-36-26(17-39-29)20-3-2-14-31-16-20)32-27(37)19-5-10-22(11-6-19)33-28(38)34-23-12-7-21(30)8-13-23/h2-17H,30H2,1H3,(H,32,37)(H,35,36)(H2,33,34,38). The Bertz CT molecular complexity index is 1610. The van der Waals surface area contributed by atoms with E-state index in [1.807, 2.05) is 74.7 Å². The first-order chi connectivity index (χ1) is 18.9. The second-order valence-electron chi connectivity index (χ2n) is 8.91. The highest BCUT2D eigenvalue weighted by atomic mass is 32.1. The van der Waals surface area contributed by atoms with Crippen molar-refractivity contribution in [2.75, 3.05) is 21.3 Å². The van der Waals surface area contributed by atoms with Gasteiger partial charge < -0.3 is 21.3 Å². The van der Waals surface area contributed by atoms with Crippen LogP contribution in [0.4, 0.5) is 32.7 Å². The average Bonchev–Trinajstić information content (AvgIpc) is 3.41. The average molecular weight is 532 g/mol. The normalized spacial score (nSPS) is 10.5. The number of carbonyl (C=O) groups is 2. The Balaban J connectivity index is 1.20. The van der Waals surface area contributed by atoms with Crippen molar-refractivity contribution in [1.29, 1.82) is 0 Å². The van der Waals surface area contributed by atoms with Gasteiger partial charge in [-0.2, -0.15) is 0 Å². The third-order valence-electron chi connectivity index (χ3n) is 5.91. The molecule has 8 nitrogen and oxygen atoms in total. The van der Waals surface area contributed by atoms with Crippen LogP contribution in [0.2, 0.25) is 0 Å². The summed E-state index contributed by atoms with van der Waals surface area (Å²) in [7, 11) is 1.98. The summed E-state index contributed by atoms with van der Waals surface area (Å²) in [6, 6.07) is 23.4. The third-order valence-corrected chi connectivity index (χ3v) is 6.67. The van der Waals surface area contributed by atoms with Crippen LogP contribution in [0.5, 0.6) is 0 Å². The zero-order valence-electron chi connectivity index (χ0n) is 21.4. The van der Waals surface area contributed by atoms with Crippen LogP contribution in [0.3, 0.4) is 0 Å². The Labute approximate surface area is 231 Å². The lowest BCUT2D eigenvalue weighted by molar-refractivity contribution is 0.102. The van der Waals surface area contributed by atoms with E-state index in [1.165, 1.54) is 11.3 Å². The van der Waals surface area contributed by atoms with Gasteiger partial charge in [-0.15, -0.1) is 11.3 Å². The molecule has 2 heterocycles. The highest BCUT2D eigenvalue weighted by molar-refractivity contribution is 7.14. The minimum Gasteiger partial charge on any atom is -0.331 e. The molecule has 5 rings (SSSR count). The summed E-state index contributed by atoms with van der Waals surface area (Å²) >= 11 is 1.50. The highest BCUT2D eigenvalue weighted by Gasteiger charge is 2.11. The number of aromatic nitrogens is 2. The quantitative estimate of drug-likeness (QED) is 0.210. The van der Waals surface area contributed by atoms with Crippen LogP contribution in [0.15, 0.2) is 96.6 Å². The fraction of sp³-hybridized carbons (Fsp3) is 0.0345. The van der Waals surface area contributed by atoms with Crippen molar-refractivity contribution in [2.24, 2.45) is 0 Å². The molecule has 3 aromatic carbocycles. The Hall–Kier alpha value is -4.96. The Morgan fingerprint density at radius 3 is 2.23 bits per heavy atom. The summed E-state index contributed by atoms with van der Waals surface area (Å²) in [5.41, 5.74) is 7.17. The summed E-state index contributed by atoms with van der Waals surface area (Å²) in [5, 5.41) is 14.6.